The molecule has 1 aliphatic carbocycles. The monoisotopic (exact) mass is 169 g/mol. The van der Waals surface area contributed by atoms with Gasteiger partial charge in [0.05, 0.1) is 12.7 Å². The Morgan fingerprint density at radius 3 is 2.42 bits per heavy atom. The molecule has 0 spiro atoms. The number of hydrogen-bond acceptors (Lipinski definition) is 2. The summed E-state index contributed by atoms with van der Waals surface area (Å²) in [6.45, 7) is 2.14. The molecule has 2 aliphatic rings. The summed E-state index contributed by atoms with van der Waals surface area (Å²) in [4.78, 5) is 0. The molecule has 2 heteroatoms. The second-order valence-corrected chi connectivity index (χ2v) is 4.03. The van der Waals surface area contributed by atoms with Crippen LogP contribution in [0.2, 0.25) is 0 Å². The Hall–Kier alpha value is -0.0800. The van der Waals surface area contributed by atoms with Crippen LogP contribution in [0.25, 0.3) is 0 Å². The number of hydrogen-bond donors (Lipinski definition) is 1. The highest BCUT2D eigenvalue weighted by Crippen LogP contribution is 2.20. The zero-order valence-electron chi connectivity index (χ0n) is 7.72. The summed E-state index contributed by atoms with van der Waals surface area (Å²) < 4.78 is 5.82. The first-order chi connectivity index (χ1) is 5.95. The molecule has 1 saturated carbocycles. The molecule has 1 saturated heterocycles. The molecule has 12 heavy (non-hydrogen) atoms. The van der Waals surface area contributed by atoms with Crippen molar-refractivity contribution in [2.75, 3.05) is 13.2 Å². The third kappa shape index (κ3) is 2.20. The lowest BCUT2D eigenvalue weighted by Gasteiger charge is -2.30. The predicted molar refractivity (Wildman–Crippen MR) is 49.2 cm³/mol. The van der Waals surface area contributed by atoms with Crippen molar-refractivity contribution in [3.63, 3.8) is 0 Å². The van der Waals surface area contributed by atoms with Crippen LogP contribution in [0, 0.1) is 0 Å². The van der Waals surface area contributed by atoms with Gasteiger partial charge in [0.2, 0.25) is 0 Å². The van der Waals surface area contributed by atoms with Gasteiger partial charge < -0.3 is 10.1 Å². The standard InChI is InChI=1S/C10H19NO/c1-2-4-10(5-3-1)12-8-9-6-7-11-9/h9-11H,1-8H2. The molecule has 0 amide bonds. The summed E-state index contributed by atoms with van der Waals surface area (Å²) in [7, 11) is 0. The van der Waals surface area contributed by atoms with Crippen molar-refractivity contribution in [1.29, 1.82) is 0 Å². The predicted octanol–water partition coefficient (Wildman–Crippen LogP) is 1.70. The van der Waals surface area contributed by atoms with E-state index in [1.54, 1.807) is 0 Å². The molecule has 0 radical (unpaired) electrons. The third-order valence-electron chi connectivity index (χ3n) is 3.01. The fourth-order valence-corrected chi connectivity index (χ4v) is 1.97. The molecule has 1 heterocycles. The first-order valence-electron chi connectivity index (χ1n) is 5.30. The van der Waals surface area contributed by atoms with Gasteiger partial charge >= 0.3 is 0 Å². The zero-order chi connectivity index (χ0) is 8.23. The Labute approximate surface area is 74.7 Å². The fraction of sp³-hybridized carbons (Fsp3) is 1.00. The Morgan fingerprint density at radius 2 is 1.83 bits per heavy atom. The second-order valence-electron chi connectivity index (χ2n) is 4.03. The van der Waals surface area contributed by atoms with E-state index in [0.717, 1.165) is 6.61 Å². The third-order valence-corrected chi connectivity index (χ3v) is 3.01. The summed E-state index contributed by atoms with van der Waals surface area (Å²) >= 11 is 0. The summed E-state index contributed by atoms with van der Waals surface area (Å²) in [6, 6.07) is 0.673. The minimum Gasteiger partial charge on any atom is -0.377 e. The molecule has 70 valence electrons. The second kappa shape index (κ2) is 4.24. The number of ether oxygens (including phenoxy) is 1. The van der Waals surface area contributed by atoms with Gasteiger partial charge in [0, 0.05) is 6.04 Å². The van der Waals surface area contributed by atoms with Gasteiger partial charge in [-0.25, -0.2) is 0 Å². The van der Waals surface area contributed by atoms with E-state index < -0.39 is 0 Å². The van der Waals surface area contributed by atoms with E-state index in [1.807, 2.05) is 0 Å². The van der Waals surface area contributed by atoms with Crippen LogP contribution in [-0.2, 0) is 4.74 Å². The van der Waals surface area contributed by atoms with Crippen LogP contribution in [0.3, 0.4) is 0 Å². The molecular weight excluding hydrogens is 150 g/mol. The Morgan fingerprint density at radius 1 is 1.08 bits per heavy atom. The highest BCUT2D eigenvalue weighted by molar-refractivity contribution is 4.77. The minimum atomic E-state index is 0.584. The first kappa shape index (κ1) is 8.52. The molecule has 1 aliphatic heterocycles. The molecule has 1 unspecified atom stereocenters. The molecule has 2 rings (SSSR count). The Bertz CT molecular complexity index is 128. The maximum atomic E-state index is 5.82. The van der Waals surface area contributed by atoms with Crippen LogP contribution in [0.1, 0.15) is 38.5 Å². The molecule has 0 aromatic rings. The van der Waals surface area contributed by atoms with Gasteiger partial charge in [-0.2, -0.15) is 0 Å². The smallest absolute Gasteiger partial charge is 0.0623 e. The Balaban J connectivity index is 1.58. The average molecular weight is 169 g/mol. The number of nitrogens with one attached hydrogen (secondary N) is 1. The molecule has 2 fully saturated rings. The molecule has 0 aromatic carbocycles. The van der Waals surface area contributed by atoms with Crippen molar-refractivity contribution in [3.8, 4) is 0 Å². The van der Waals surface area contributed by atoms with Crippen molar-refractivity contribution in [3.05, 3.63) is 0 Å². The van der Waals surface area contributed by atoms with Gasteiger partial charge in [-0.15, -0.1) is 0 Å². The summed E-state index contributed by atoms with van der Waals surface area (Å²) in [5.74, 6) is 0. The van der Waals surface area contributed by atoms with E-state index in [2.05, 4.69) is 5.32 Å². The SMILES string of the molecule is C1CCC(OCC2CCN2)CC1. The topological polar surface area (TPSA) is 21.3 Å². The highest BCUT2D eigenvalue weighted by Gasteiger charge is 2.19. The fourth-order valence-electron chi connectivity index (χ4n) is 1.97. The van der Waals surface area contributed by atoms with Gasteiger partial charge in [-0.05, 0) is 25.8 Å². The van der Waals surface area contributed by atoms with Crippen molar-refractivity contribution in [2.24, 2.45) is 0 Å². The van der Waals surface area contributed by atoms with Gasteiger partial charge in [0.1, 0.15) is 0 Å². The maximum absolute atomic E-state index is 5.82. The van der Waals surface area contributed by atoms with Crippen LogP contribution in [0.15, 0.2) is 0 Å². The van der Waals surface area contributed by atoms with Gasteiger partial charge in [0.15, 0.2) is 0 Å². The molecule has 2 nitrogen and oxygen atoms in total. The van der Waals surface area contributed by atoms with Crippen LogP contribution < -0.4 is 5.32 Å². The van der Waals surface area contributed by atoms with Crippen molar-refractivity contribution in [1.82, 2.24) is 5.32 Å². The van der Waals surface area contributed by atoms with Crippen molar-refractivity contribution >= 4 is 0 Å². The lowest BCUT2D eigenvalue weighted by molar-refractivity contribution is 0.00626. The van der Waals surface area contributed by atoms with Crippen LogP contribution in [0.4, 0.5) is 0 Å². The maximum Gasteiger partial charge on any atom is 0.0623 e. The van der Waals surface area contributed by atoms with E-state index in [-0.39, 0.29) is 0 Å². The van der Waals surface area contributed by atoms with E-state index in [1.165, 1.54) is 45.1 Å². The largest absolute Gasteiger partial charge is 0.377 e. The summed E-state index contributed by atoms with van der Waals surface area (Å²) in [5.41, 5.74) is 0. The van der Waals surface area contributed by atoms with Crippen LogP contribution >= 0.6 is 0 Å². The minimum absolute atomic E-state index is 0.584. The highest BCUT2D eigenvalue weighted by atomic mass is 16.5. The lowest BCUT2D eigenvalue weighted by atomic mass is 9.97. The molecular formula is C10H19NO. The first-order valence-corrected chi connectivity index (χ1v) is 5.30. The molecule has 1 atom stereocenters. The van der Waals surface area contributed by atoms with E-state index in [4.69, 9.17) is 4.74 Å². The molecule has 1 N–H and O–H groups in total. The van der Waals surface area contributed by atoms with E-state index in [0.29, 0.717) is 12.1 Å². The molecule has 0 aromatic heterocycles. The van der Waals surface area contributed by atoms with Crippen molar-refractivity contribution < 1.29 is 4.74 Å². The van der Waals surface area contributed by atoms with E-state index >= 15 is 0 Å². The quantitative estimate of drug-likeness (QED) is 0.694. The normalized spacial score (nSPS) is 31.5. The lowest BCUT2D eigenvalue weighted by Crippen LogP contribution is -2.46. The van der Waals surface area contributed by atoms with Crippen LogP contribution in [-0.4, -0.2) is 25.3 Å². The number of rotatable bonds is 3. The molecule has 0 bridgehead atoms. The van der Waals surface area contributed by atoms with E-state index in [9.17, 15) is 0 Å². The zero-order valence-corrected chi connectivity index (χ0v) is 7.72. The van der Waals surface area contributed by atoms with Crippen LogP contribution in [0.5, 0.6) is 0 Å². The van der Waals surface area contributed by atoms with Gasteiger partial charge in [0.25, 0.3) is 0 Å². The van der Waals surface area contributed by atoms with Crippen molar-refractivity contribution in [2.45, 2.75) is 50.7 Å². The van der Waals surface area contributed by atoms with Gasteiger partial charge in [-0.1, -0.05) is 19.3 Å². The average Bonchev–Trinajstić information content (AvgIpc) is 2.04. The Kier molecular flexibility index (Phi) is 3.01. The van der Waals surface area contributed by atoms with Gasteiger partial charge in [-0.3, -0.25) is 0 Å². The summed E-state index contributed by atoms with van der Waals surface area (Å²) in [5, 5.41) is 3.36. The summed E-state index contributed by atoms with van der Waals surface area (Å²) in [6.07, 6.45) is 8.67.